The van der Waals surface area contributed by atoms with Gasteiger partial charge in [-0.1, -0.05) is 39.8 Å². The molecule has 1 aromatic rings. The van der Waals surface area contributed by atoms with Crippen LogP contribution in [-0.4, -0.2) is 72.0 Å². The average Bonchev–Trinajstić information content (AvgIpc) is 3.32. The number of amides is 2. The lowest BCUT2D eigenvalue weighted by atomic mass is 10.1. The van der Waals surface area contributed by atoms with E-state index in [4.69, 9.17) is 0 Å². The number of aliphatic hydroxyl groups is 2. The molecule has 0 saturated carbocycles. The van der Waals surface area contributed by atoms with E-state index in [1.165, 1.54) is 4.90 Å². The Morgan fingerprint density at radius 1 is 1.32 bits per heavy atom. The van der Waals surface area contributed by atoms with Crippen LogP contribution in [0.25, 0.3) is 0 Å². The second kappa shape index (κ2) is 19.9. The van der Waals surface area contributed by atoms with Crippen LogP contribution >= 0.6 is 11.3 Å². The summed E-state index contributed by atoms with van der Waals surface area (Å²) < 4.78 is 0. The van der Waals surface area contributed by atoms with Crippen LogP contribution in [-0.2, 0) is 16.0 Å². The van der Waals surface area contributed by atoms with Gasteiger partial charge in [0, 0.05) is 31.6 Å². The number of carbonyl (C=O) groups is 2. The van der Waals surface area contributed by atoms with Crippen LogP contribution in [0.15, 0.2) is 35.2 Å². The molecule has 0 radical (unpaired) electrons. The van der Waals surface area contributed by atoms with Gasteiger partial charge in [-0.2, -0.15) is 0 Å². The minimum absolute atomic E-state index is 0.0551. The third-order valence-electron chi connectivity index (χ3n) is 4.05. The molecule has 0 fully saturated rings. The van der Waals surface area contributed by atoms with E-state index in [0.717, 1.165) is 4.88 Å². The van der Waals surface area contributed by atoms with E-state index < -0.39 is 24.0 Å². The van der Waals surface area contributed by atoms with Gasteiger partial charge in [-0.05, 0) is 43.3 Å². The molecule has 2 amide bonds. The van der Waals surface area contributed by atoms with Crippen molar-refractivity contribution >= 4 is 29.4 Å². The molecule has 31 heavy (non-hydrogen) atoms. The summed E-state index contributed by atoms with van der Waals surface area (Å²) in [6.45, 7) is 14.6. The topological polar surface area (TPSA) is 102 Å². The van der Waals surface area contributed by atoms with Crippen LogP contribution < -0.4 is 5.32 Å². The number of nitrogens with zero attached hydrogens (tertiary/aromatic N) is 2. The first-order valence-corrected chi connectivity index (χ1v) is 11.6. The third kappa shape index (κ3) is 13.8. The number of hydrogen-bond donors (Lipinski definition) is 3. The Balaban J connectivity index is 0. The molecule has 0 aliphatic heterocycles. The van der Waals surface area contributed by atoms with Crippen LogP contribution in [0.3, 0.4) is 0 Å². The molecule has 178 valence electrons. The minimum atomic E-state index is -1.78. The fourth-order valence-corrected chi connectivity index (χ4v) is 3.03. The Morgan fingerprint density at radius 3 is 2.39 bits per heavy atom. The summed E-state index contributed by atoms with van der Waals surface area (Å²) in [5.41, 5.74) is 0. The molecule has 0 aliphatic rings. The molecule has 7 nitrogen and oxygen atoms in total. The lowest BCUT2D eigenvalue weighted by Crippen LogP contribution is -2.51. The van der Waals surface area contributed by atoms with Gasteiger partial charge in [0.1, 0.15) is 0 Å². The summed E-state index contributed by atoms with van der Waals surface area (Å²) in [4.78, 5) is 30.5. The number of aliphatic hydroxyl groups excluding tert-OH is 2. The van der Waals surface area contributed by atoms with E-state index in [-0.39, 0.29) is 5.92 Å². The number of aliphatic imine (C=N–C) groups is 1. The third-order valence-corrected chi connectivity index (χ3v) is 4.98. The van der Waals surface area contributed by atoms with Gasteiger partial charge in [0.25, 0.3) is 11.8 Å². The summed E-state index contributed by atoms with van der Waals surface area (Å²) in [7, 11) is 1.75. The van der Waals surface area contributed by atoms with Gasteiger partial charge < -0.3 is 25.4 Å². The van der Waals surface area contributed by atoms with Gasteiger partial charge in [0.05, 0.1) is 0 Å². The number of hydrogen-bond acceptors (Lipinski definition) is 6. The Morgan fingerprint density at radius 2 is 1.94 bits per heavy atom. The summed E-state index contributed by atoms with van der Waals surface area (Å²) >= 11 is 1.58. The maximum absolute atomic E-state index is 12.4. The SMILES string of the molecule is C=CC(C)CN(CCC)C(=O)C(O)C(O)C(=O)NCCc1cccs1.CC.CC=NC. The van der Waals surface area contributed by atoms with Crippen molar-refractivity contribution in [2.45, 2.75) is 59.7 Å². The fourth-order valence-electron chi connectivity index (χ4n) is 2.32. The zero-order valence-corrected chi connectivity index (χ0v) is 20.7. The molecule has 1 aromatic heterocycles. The molecule has 1 rings (SSSR count). The van der Waals surface area contributed by atoms with Crippen LogP contribution in [0.1, 0.15) is 45.9 Å². The van der Waals surface area contributed by atoms with E-state index >= 15 is 0 Å². The lowest BCUT2D eigenvalue weighted by Gasteiger charge is -2.28. The second-order valence-corrected chi connectivity index (χ2v) is 7.56. The molecule has 3 N–H and O–H groups in total. The maximum atomic E-state index is 12.4. The van der Waals surface area contributed by atoms with Crippen molar-refractivity contribution in [2.75, 3.05) is 26.7 Å². The van der Waals surface area contributed by atoms with Crippen molar-refractivity contribution in [3.8, 4) is 0 Å². The van der Waals surface area contributed by atoms with Gasteiger partial charge in [-0.3, -0.25) is 9.59 Å². The van der Waals surface area contributed by atoms with Crippen LogP contribution in [0.2, 0.25) is 0 Å². The Kier molecular flexibility index (Phi) is 20.0. The predicted octanol–water partition coefficient (Wildman–Crippen LogP) is 2.92. The van der Waals surface area contributed by atoms with E-state index in [1.807, 2.05) is 52.1 Å². The molecule has 8 heteroatoms. The van der Waals surface area contributed by atoms with E-state index in [0.29, 0.717) is 32.5 Å². The number of nitrogens with one attached hydrogen (secondary N) is 1. The number of carbonyl (C=O) groups excluding carboxylic acids is 2. The maximum Gasteiger partial charge on any atom is 0.254 e. The molecule has 0 aliphatic carbocycles. The number of thiophene rings is 1. The highest BCUT2D eigenvalue weighted by molar-refractivity contribution is 7.09. The van der Waals surface area contributed by atoms with Crippen molar-refractivity contribution in [3.63, 3.8) is 0 Å². The average molecular weight is 456 g/mol. The minimum Gasteiger partial charge on any atom is -0.380 e. The number of rotatable bonds is 11. The standard InChI is InChI=1S/C18H28N2O4S.C3H7N.C2H6/c1-4-10-20(12-13(3)5-2)18(24)16(22)15(21)17(23)19-9-8-14-7-6-11-25-14;1-3-4-2;1-2/h5-7,11,13,15-16,21-22H,2,4,8-10,12H2,1,3H3,(H,19,23);3H,1-2H3;1-2H3. The monoisotopic (exact) mass is 455 g/mol. The molecule has 3 atom stereocenters. The molecule has 0 spiro atoms. The van der Waals surface area contributed by atoms with Crippen molar-refractivity contribution in [1.29, 1.82) is 0 Å². The van der Waals surface area contributed by atoms with Crippen molar-refractivity contribution in [2.24, 2.45) is 10.9 Å². The smallest absolute Gasteiger partial charge is 0.254 e. The molecule has 3 unspecified atom stereocenters. The molecule has 0 bridgehead atoms. The molecule has 1 heterocycles. The van der Waals surface area contributed by atoms with Gasteiger partial charge in [0.2, 0.25) is 0 Å². The molecular formula is C23H41N3O4S. The highest BCUT2D eigenvalue weighted by Gasteiger charge is 2.33. The lowest BCUT2D eigenvalue weighted by molar-refractivity contribution is -0.153. The quantitative estimate of drug-likeness (QED) is 0.353. The summed E-state index contributed by atoms with van der Waals surface area (Å²) in [5.74, 6) is -1.33. The first kappa shape index (κ1) is 31.2. The molecular weight excluding hydrogens is 414 g/mol. The van der Waals surface area contributed by atoms with Gasteiger partial charge >= 0.3 is 0 Å². The van der Waals surface area contributed by atoms with Crippen LogP contribution in [0.5, 0.6) is 0 Å². The summed E-state index contributed by atoms with van der Waals surface area (Å²) in [6.07, 6.45) is 1.26. The highest BCUT2D eigenvalue weighted by atomic mass is 32.1. The first-order valence-electron chi connectivity index (χ1n) is 10.8. The summed E-state index contributed by atoms with van der Waals surface area (Å²) in [5, 5.41) is 24.6. The van der Waals surface area contributed by atoms with Crippen molar-refractivity contribution in [3.05, 3.63) is 35.0 Å². The highest BCUT2D eigenvalue weighted by Crippen LogP contribution is 2.09. The van der Waals surface area contributed by atoms with Crippen LogP contribution in [0.4, 0.5) is 0 Å². The van der Waals surface area contributed by atoms with Crippen molar-refractivity contribution < 1.29 is 19.8 Å². The van der Waals surface area contributed by atoms with Crippen molar-refractivity contribution in [1.82, 2.24) is 10.2 Å². The van der Waals surface area contributed by atoms with Crippen LogP contribution in [0, 0.1) is 5.92 Å². The van der Waals surface area contributed by atoms with Gasteiger partial charge in [0.15, 0.2) is 12.2 Å². The van der Waals surface area contributed by atoms with E-state index in [9.17, 15) is 19.8 Å². The van der Waals surface area contributed by atoms with Gasteiger partial charge in [-0.25, -0.2) is 0 Å². The fraction of sp³-hybridized carbons (Fsp3) is 0.609. The predicted molar refractivity (Wildman–Crippen MR) is 131 cm³/mol. The second-order valence-electron chi connectivity index (χ2n) is 6.52. The zero-order valence-electron chi connectivity index (χ0n) is 19.9. The largest absolute Gasteiger partial charge is 0.380 e. The normalized spacial score (nSPS) is 13.0. The van der Waals surface area contributed by atoms with E-state index in [1.54, 1.807) is 30.7 Å². The van der Waals surface area contributed by atoms with E-state index in [2.05, 4.69) is 16.9 Å². The first-order chi connectivity index (χ1) is 14.8. The Bertz CT molecular complexity index is 616. The molecule has 0 saturated heterocycles. The Hall–Kier alpha value is -2.03. The Labute approximate surface area is 191 Å². The summed E-state index contributed by atoms with van der Waals surface area (Å²) in [6, 6.07) is 3.88. The zero-order chi connectivity index (χ0) is 24.2. The van der Waals surface area contributed by atoms with Gasteiger partial charge in [-0.15, -0.1) is 17.9 Å². The molecule has 0 aromatic carbocycles.